The van der Waals surface area contributed by atoms with Crippen molar-refractivity contribution in [3.63, 3.8) is 0 Å². The highest BCUT2D eigenvalue weighted by Gasteiger charge is 2.24. The molecule has 2 heterocycles. The van der Waals surface area contributed by atoms with Crippen LogP contribution in [0, 0.1) is 13.8 Å². The average Bonchev–Trinajstić information content (AvgIpc) is 3.35. The van der Waals surface area contributed by atoms with Gasteiger partial charge in [0.15, 0.2) is 6.10 Å². The van der Waals surface area contributed by atoms with Crippen LogP contribution in [0.5, 0.6) is 0 Å². The molecular formula is C27H23N3O3. The summed E-state index contributed by atoms with van der Waals surface area (Å²) in [6.45, 7) is 5.51. The van der Waals surface area contributed by atoms with E-state index in [-0.39, 0.29) is 5.91 Å². The molecule has 5 rings (SSSR count). The van der Waals surface area contributed by atoms with Crippen molar-refractivity contribution in [2.75, 3.05) is 0 Å². The largest absolute Gasteiger partial charge is 0.449 e. The van der Waals surface area contributed by atoms with Gasteiger partial charge in [-0.3, -0.25) is 9.36 Å². The molecule has 0 radical (unpaired) electrons. The molecule has 0 spiro atoms. The van der Waals surface area contributed by atoms with E-state index in [1.807, 2.05) is 74.5 Å². The number of aromatic amines is 1. The lowest BCUT2D eigenvalue weighted by Crippen LogP contribution is -2.29. The Balaban J connectivity index is 1.39. The number of carbonyl (C=O) groups is 2. The van der Waals surface area contributed by atoms with Gasteiger partial charge in [0.1, 0.15) is 5.82 Å². The number of nitrogens with zero attached hydrogens (tertiary/aromatic N) is 2. The number of aromatic nitrogens is 3. The van der Waals surface area contributed by atoms with Gasteiger partial charge in [0.25, 0.3) is 5.91 Å². The summed E-state index contributed by atoms with van der Waals surface area (Å²) in [5, 5.41) is 1.97. The number of nitrogens with one attached hydrogen (secondary N) is 1. The van der Waals surface area contributed by atoms with Gasteiger partial charge in [0, 0.05) is 22.0 Å². The van der Waals surface area contributed by atoms with Crippen LogP contribution in [0.2, 0.25) is 0 Å². The third-order valence-corrected chi connectivity index (χ3v) is 5.95. The van der Waals surface area contributed by atoms with Crippen molar-refractivity contribution in [2.45, 2.75) is 26.9 Å². The van der Waals surface area contributed by atoms with E-state index in [9.17, 15) is 9.59 Å². The van der Waals surface area contributed by atoms with Crippen LogP contribution in [-0.2, 0) is 4.74 Å². The number of hydrogen-bond acceptors (Lipinski definition) is 4. The van der Waals surface area contributed by atoms with Crippen molar-refractivity contribution in [3.8, 4) is 11.4 Å². The van der Waals surface area contributed by atoms with Gasteiger partial charge in [0.05, 0.1) is 22.3 Å². The van der Waals surface area contributed by atoms with Gasteiger partial charge in [-0.15, -0.1) is 0 Å². The predicted molar refractivity (Wildman–Crippen MR) is 128 cm³/mol. The van der Waals surface area contributed by atoms with E-state index in [0.717, 1.165) is 44.6 Å². The summed E-state index contributed by atoms with van der Waals surface area (Å²) in [5.41, 5.74) is 4.77. The van der Waals surface area contributed by atoms with Gasteiger partial charge in [-0.05, 0) is 45.0 Å². The van der Waals surface area contributed by atoms with Crippen LogP contribution < -0.4 is 0 Å². The van der Waals surface area contributed by atoms with Crippen LogP contribution in [0.3, 0.4) is 0 Å². The quantitative estimate of drug-likeness (QED) is 0.367. The second kappa shape index (κ2) is 8.06. The van der Waals surface area contributed by atoms with Gasteiger partial charge >= 0.3 is 5.97 Å². The van der Waals surface area contributed by atoms with Gasteiger partial charge < -0.3 is 9.72 Å². The minimum Gasteiger partial charge on any atom is -0.449 e. The van der Waals surface area contributed by atoms with E-state index >= 15 is 0 Å². The molecule has 0 aliphatic heterocycles. The van der Waals surface area contributed by atoms with Gasteiger partial charge in [-0.1, -0.05) is 48.5 Å². The maximum atomic E-state index is 13.3. The molecule has 1 N–H and O–H groups in total. The van der Waals surface area contributed by atoms with Crippen LogP contribution in [0.4, 0.5) is 0 Å². The molecular weight excluding hydrogens is 414 g/mol. The summed E-state index contributed by atoms with van der Waals surface area (Å²) in [6.07, 6.45) is -0.952. The third kappa shape index (κ3) is 3.59. The fourth-order valence-electron chi connectivity index (χ4n) is 4.07. The van der Waals surface area contributed by atoms with Crippen molar-refractivity contribution in [1.82, 2.24) is 14.5 Å². The second-order valence-electron chi connectivity index (χ2n) is 8.13. The molecule has 0 bridgehead atoms. The molecule has 1 unspecified atom stereocenters. The smallest absolute Gasteiger partial charge is 0.338 e. The highest BCUT2D eigenvalue weighted by molar-refractivity contribution is 6.14. The lowest BCUT2D eigenvalue weighted by atomic mass is 10.1. The van der Waals surface area contributed by atoms with E-state index in [1.165, 1.54) is 0 Å². The first-order valence-electron chi connectivity index (χ1n) is 10.8. The molecule has 0 amide bonds. The number of para-hydroxylation sites is 2. The Morgan fingerprint density at radius 3 is 2.00 bits per heavy atom. The van der Waals surface area contributed by atoms with E-state index < -0.39 is 12.1 Å². The number of ether oxygens (including phenoxy) is 1. The third-order valence-electron chi connectivity index (χ3n) is 5.95. The first kappa shape index (κ1) is 20.7. The summed E-state index contributed by atoms with van der Waals surface area (Å²) in [4.78, 5) is 33.8. The van der Waals surface area contributed by atoms with Crippen LogP contribution in [0.1, 0.15) is 33.5 Å². The Morgan fingerprint density at radius 2 is 1.45 bits per heavy atom. The van der Waals surface area contributed by atoms with Crippen LogP contribution in [-0.4, -0.2) is 32.5 Å². The van der Waals surface area contributed by atoms with Crippen molar-refractivity contribution >= 4 is 33.7 Å². The molecule has 0 fully saturated rings. The van der Waals surface area contributed by atoms with Gasteiger partial charge in [-0.2, -0.15) is 0 Å². The number of aryl methyl sites for hydroxylation is 2. The summed E-state index contributed by atoms with van der Waals surface area (Å²) in [7, 11) is 0. The highest BCUT2D eigenvalue weighted by atomic mass is 16.5. The summed E-state index contributed by atoms with van der Waals surface area (Å²) in [5.74, 6) is -0.0892. The van der Waals surface area contributed by atoms with E-state index in [4.69, 9.17) is 4.74 Å². The number of imidazole rings is 1. The maximum absolute atomic E-state index is 13.3. The zero-order chi connectivity index (χ0) is 23.1. The van der Waals surface area contributed by atoms with Crippen molar-refractivity contribution < 1.29 is 14.3 Å². The molecule has 2 aromatic heterocycles. The Bertz CT molecular complexity index is 1440. The van der Waals surface area contributed by atoms with E-state index in [1.54, 1.807) is 23.6 Å². The van der Waals surface area contributed by atoms with Gasteiger partial charge in [0.2, 0.25) is 0 Å². The number of esters is 1. The molecule has 6 heteroatoms. The fourth-order valence-corrected chi connectivity index (χ4v) is 4.07. The molecule has 0 saturated heterocycles. The molecule has 33 heavy (non-hydrogen) atoms. The Kier molecular flexibility index (Phi) is 5.05. The van der Waals surface area contributed by atoms with Crippen molar-refractivity contribution in [2.24, 2.45) is 0 Å². The zero-order valence-corrected chi connectivity index (χ0v) is 18.6. The number of rotatable bonds is 4. The highest BCUT2D eigenvalue weighted by Crippen LogP contribution is 2.29. The first-order chi connectivity index (χ1) is 15.9. The molecule has 0 aliphatic carbocycles. The molecule has 0 aliphatic rings. The SMILES string of the molecule is Cc1nc(-c2ccc(C(=O)OC(C)C(=O)n3c4ccccc4c4ccccc43)cc2)[nH]c1C. The number of carbonyl (C=O) groups excluding carboxylic acids is 2. The topological polar surface area (TPSA) is 77.0 Å². The monoisotopic (exact) mass is 437 g/mol. The Morgan fingerprint density at radius 1 is 0.879 bits per heavy atom. The minimum absolute atomic E-state index is 0.293. The number of benzene rings is 3. The summed E-state index contributed by atoms with van der Waals surface area (Å²) in [6, 6.07) is 22.5. The van der Waals surface area contributed by atoms with Crippen molar-refractivity contribution in [3.05, 3.63) is 89.7 Å². The number of hydrogen-bond donors (Lipinski definition) is 1. The van der Waals surface area contributed by atoms with E-state index in [0.29, 0.717) is 5.56 Å². The molecule has 164 valence electrons. The lowest BCUT2D eigenvalue weighted by Gasteiger charge is -2.14. The zero-order valence-electron chi connectivity index (χ0n) is 18.6. The summed E-state index contributed by atoms with van der Waals surface area (Å²) < 4.78 is 7.19. The fraction of sp³-hybridized carbons (Fsp3) is 0.148. The molecule has 3 aromatic carbocycles. The van der Waals surface area contributed by atoms with Gasteiger partial charge in [-0.25, -0.2) is 9.78 Å². The van der Waals surface area contributed by atoms with E-state index in [2.05, 4.69) is 9.97 Å². The average molecular weight is 437 g/mol. The Labute approximate surface area is 190 Å². The Hall–Kier alpha value is -4.19. The number of fused-ring (bicyclic) bond motifs is 3. The molecule has 5 aromatic rings. The van der Waals surface area contributed by atoms with Crippen LogP contribution in [0.25, 0.3) is 33.2 Å². The maximum Gasteiger partial charge on any atom is 0.338 e. The second-order valence-corrected chi connectivity index (χ2v) is 8.13. The number of H-pyrrole nitrogens is 1. The molecule has 6 nitrogen and oxygen atoms in total. The normalized spacial score (nSPS) is 12.2. The van der Waals surface area contributed by atoms with Crippen LogP contribution >= 0.6 is 0 Å². The lowest BCUT2D eigenvalue weighted by molar-refractivity contribution is 0.0288. The van der Waals surface area contributed by atoms with Crippen molar-refractivity contribution in [1.29, 1.82) is 0 Å². The first-order valence-corrected chi connectivity index (χ1v) is 10.8. The summed E-state index contributed by atoms with van der Waals surface area (Å²) >= 11 is 0. The minimum atomic E-state index is -0.952. The molecule has 0 saturated carbocycles. The molecule has 1 atom stereocenters. The van der Waals surface area contributed by atoms with Crippen LogP contribution in [0.15, 0.2) is 72.8 Å². The standard InChI is InChI=1S/C27H23N3O3/c1-16-17(2)29-25(28-16)19-12-14-20(15-13-19)27(32)33-18(3)26(31)30-23-10-6-4-8-21(23)22-9-5-7-11-24(22)30/h4-15,18H,1-3H3,(H,28,29). The predicted octanol–water partition coefficient (Wildman–Crippen LogP) is 5.69.